The molecule has 0 aliphatic heterocycles. The summed E-state index contributed by atoms with van der Waals surface area (Å²) in [6, 6.07) is 0. The van der Waals surface area contributed by atoms with Crippen LogP contribution in [0.2, 0.25) is 0 Å². The third-order valence-electron chi connectivity index (χ3n) is 3.18. The first-order valence-corrected chi connectivity index (χ1v) is 6.22. The summed E-state index contributed by atoms with van der Waals surface area (Å²) in [7, 11) is 0. The highest BCUT2D eigenvalue weighted by Gasteiger charge is 2.13. The van der Waals surface area contributed by atoms with Crippen molar-refractivity contribution in [2.24, 2.45) is 0 Å². The number of anilines is 1. The smallest absolute Gasteiger partial charge is 0.224 e. The number of aromatic nitrogens is 3. The Hall–Kier alpha value is -2.11. The Morgan fingerprint density at radius 3 is 2.53 bits per heavy atom. The number of H-pyrrole nitrogens is 1. The Bertz CT molecular complexity index is 559. The lowest BCUT2D eigenvalue weighted by Crippen LogP contribution is -2.13. The molecule has 0 radical (unpaired) electrons. The Morgan fingerprint density at radius 2 is 2.00 bits per heavy atom. The maximum atomic E-state index is 11.9. The first-order valence-electron chi connectivity index (χ1n) is 6.22. The van der Waals surface area contributed by atoms with E-state index in [-0.39, 0.29) is 5.91 Å². The molecule has 2 N–H and O–H groups in total. The maximum Gasteiger partial charge on any atom is 0.224 e. The largest absolute Gasteiger partial charge is 0.361 e. The van der Waals surface area contributed by atoms with Crippen LogP contribution in [0.25, 0.3) is 0 Å². The molecule has 2 aromatic heterocycles. The molecule has 0 saturated carbocycles. The van der Waals surface area contributed by atoms with E-state index in [2.05, 4.69) is 20.7 Å². The van der Waals surface area contributed by atoms with Crippen LogP contribution in [0.15, 0.2) is 4.52 Å². The predicted octanol–water partition coefficient (Wildman–Crippen LogP) is 2.20. The van der Waals surface area contributed by atoms with Crippen molar-refractivity contribution < 1.29 is 9.32 Å². The van der Waals surface area contributed by atoms with Crippen molar-refractivity contribution in [3.8, 4) is 0 Å². The highest BCUT2D eigenvalue weighted by Crippen LogP contribution is 2.18. The fraction of sp³-hybridized carbons (Fsp3) is 0.462. The van der Waals surface area contributed by atoms with Crippen molar-refractivity contribution in [2.45, 2.75) is 40.5 Å². The summed E-state index contributed by atoms with van der Waals surface area (Å²) in [5.74, 6) is 0.744. The van der Waals surface area contributed by atoms with Crippen molar-refractivity contribution in [3.05, 3.63) is 28.4 Å². The molecule has 0 bridgehead atoms. The average molecular weight is 262 g/mol. The van der Waals surface area contributed by atoms with Crippen molar-refractivity contribution in [1.82, 2.24) is 15.4 Å². The van der Waals surface area contributed by atoms with E-state index in [1.165, 1.54) is 0 Å². The zero-order chi connectivity index (χ0) is 14.0. The van der Waals surface area contributed by atoms with E-state index in [4.69, 9.17) is 4.52 Å². The summed E-state index contributed by atoms with van der Waals surface area (Å²) < 4.78 is 5.07. The van der Waals surface area contributed by atoms with Gasteiger partial charge in [-0.15, -0.1) is 0 Å². The highest BCUT2D eigenvalue weighted by molar-refractivity contribution is 5.91. The van der Waals surface area contributed by atoms with Crippen LogP contribution in [0.4, 0.5) is 5.69 Å². The van der Waals surface area contributed by atoms with Gasteiger partial charge in [-0.05, 0) is 34.1 Å². The van der Waals surface area contributed by atoms with Gasteiger partial charge in [-0.25, -0.2) is 0 Å². The normalized spacial score (nSPS) is 10.7. The van der Waals surface area contributed by atoms with Crippen LogP contribution in [-0.2, 0) is 11.2 Å². The SMILES string of the molecule is Cc1noc(C)c1CCC(=O)Nc1c(C)n[nH]c1C. The average Bonchev–Trinajstić information content (AvgIpc) is 2.84. The third kappa shape index (κ3) is 2.83. The molecule has 2 heterocycles. The van der Waals surface area contributed by atoms with Crippen LogP contribution >= 0.6 is 0 Å². The molecule has 6 heteroatoms. The number of hydrogen-bond donors (Lipinski definition) is 2. The van der Waals surface area contributed by atoms with Gasteiger partial charge in [-0.2, -0.15) is 5.10 Å². The number of hydrogen-bond acceptors (Lipinski definition) is 4. The third-order valence-corrected chi connectivity index (χ3v) is 3.18. The van der Waals surface area contributed by atoms with Crippen molar-refractivity contribution in [2.75, 3.05) is 5.32 Å². The van der Waals surface area contributed by atoms with Crippen LogP contribution in [0, 0.1) is 27.7 Å². The number of carbonyl (C=O) groups excluding carboxylic acids is 1. The van der Waals surface area contributed by atoms with Crippen LogP contribution in [0.3, 0.4) is 0 Å². The number of carbonyl (C=O) groups is 1. The fourth-order valence-corrected chi connectivity index (χ4v) is 2.03. The van der Waals surface area contributed by atoms with Crippen molar-refractivity contribution in [1.29, 1.82) is 0 Å². The van der Waals surface area contributed by atoms with Gasteiger partial charge in [0.25, 0.3) is 0 Å². The molecule has 0 spiro atoms. The topological polar surface area (TPSA) is 83.8 Å². The molecule has 0 aliphatic rings. The van der Waals surface area contributed by atoms with Gasteiger partial charge >= 0.3 is 0 Å². The predicted molar refractivity (Wildman–Crippen MR) is 71.0 cm³/mol. The molecule has 0 fully saturated rings. The summed E-state index contributed by atoms with van der Waals surface area (Å²) in [6.45, 7) is 7.48. The molecule has 6 nitrogen and oxygen atoms in total. The van der Waals surface area contributed by atoms with Gasteiger partial charge in [-0.3, -0.25) is 9.89 Å². The molecule has 1 amide bonds. The Morgan fingerprint density at radius 1 is 1.26 bits per heavy atom. The zero-order valence-electron chi connectivity index (χ0n) is 11.6. The number of nitrogens with one attached hydrogen (secondary N) is 2. The maximum absolute atomic E-state index is 11.9. The highest BCUT2D eigenvalue weighted by atomic mass is 16.5. The van der Waals surface area contributed by atoms with Gasteiger partial charge in [-0.1, -0.05) is 5.16 Å². The van der Waals surface area contributed by atoms with E-state index in [9.17, 15) is 4.79 Å². The van der Waals surface area contributed by atoms with E-state index in [1.807, 2.05) is 27.7 Å². The summed E-state index contributed by atoms with van der Waals surface area (Å²) in [6.07, 6.45) is 1.02. The second-order valence-corrected chi connectivity index (χ2v) is 4.66. The number of aryl methyl sites for hydroxylation is 4. The van der Waals surface area contributed by atoms with Gasteiger partial charge < -0.3 is 9.84 Å². The standard InChI is InChI=1S/C13H18N4O2/c1-7-11(10(4)19-17-7)5-6-12(18)14-13-8(2)15-16-9(13)3/h5-6H2,1-4H3,(H,14,18)(H,15,16). The Balaban J connectivity index is 1.96. The molecule has 0 aromatic carbocycles. The minimum Gasteiger partial charge on any atom is -0.361 e. The van der Waals surface area contributed by atoms with Crippen molar-refractivity contribution in [3.63, 3.8) is 0 Å². The van der Waals surface area contributed by atoms with E-state index < -0.39 is 0 Å². The van der Waals surface area contributed by atoms with Crippen LogP contribution < -0.4 is 5.32 Å². The summed E-state index contributed by atoms with van der Waals surface area (Å²) in [5, 5.41) is 13.6. The number of aromatic amines is 1. The van der Waals surface area contributed by atoms with E-state index in [0.29, 0.717) is 12.8 Å². The summed E-state index contributed by atoms with van der Waals surface area (Å²) >= 11 is 0. The minimum atomic E-state index is -0.0346. The molecule has 0 atom stereocenters. The number of amides is 1. The monoisotopic (exact) mass is 262 g/mol. The number of nitrogens with zero attached hydrogens (tertiary/aromatic N) is 2. The first kappa shape index (κ1) is 13.3. The quantitative estimate of drug-likeness (QED) is 0.884. The molecule has 19 heavy (non-hydrogen) atoms. The van der Waals surface area contributed by atoms with Gasteiger partial charge in [0, 0.05) is 12.0 Å². The molecular weight excluding hydrogens is 244 g/mol. The van der Waals surface area contributed by atoms with Gasteiger partial charge in [0.15, 0.2) is 0 Å². The van der Waals surface area contributed by atoms with Crippen molar-refractivity contribution >= 4 is 11.6 Å². The molecule has 0 unspecified atom stereocenters. The second-order valence-electron chi connectivity index (χ2n) is 4.66. The van der Waals surface area contributed by atoms with E-state index in [0.717, 1.165) is 34.1 Å². The van der Waals surface area contributed by atoms with Gasteiger partial charge in [0.05, 0.1) is 22.8 Å². The van der Waals surface area contributed by atoms with Crippen LogP contribution in [0.5, 0.6) is 0 Å². The molecule has 0 saturated heterocycles. The second kappa shape index (κ2) is 5.26. The first-order chi connectivity index (χ1) is 8.99. The molecule has 0 aliphatic carbocycles. The van der Waals surface area contributed by atoms with E-state index >= 15 is 0 Å². The van der Waals surface area contributed by atoms with E-state index in [1.54, 1.807) is 0 Å². The molecule has 2 aromatic rings. The number of rotatable bonds is 4. The Labute approximate surface area is 111 Å². The molecule has 2 rings (SSSR count). The Kier molecular flexibility index (Phi) is 3.69. The van der Waals surface area contributed by atoms with Gasteiger partial charge in [0.1, 0.15) is 5.76 Å². The zero-order valence-corrected chi connectivity index (χ0v) is 11.6. The van der Waals surface area contributed by atoms with Gasteiger partial charge in [0.2, 0.25) is 5.91 Å². The lowest BCUT2D eigenvalue weighted by Gasteiger charge is -2.05. The van der Waals surface area contributed by atoms with Crippen LogP contribution in [-0.4, -0.2) is 21.3 Å². The fourth-order valence-electron chi connectivity index (χ4n) is 2.03. The molecule has 102 valence electrons. The summed E-state index contributed by atoms with van der Waals surface area (Å²) in [5.41, 5.74) is 4.28. The lowest BCUT2D eigenvalue weighted by atomic mass is 10.1. The lowest BCUT2D eigenvalue weighted by molar-refractivity contribution is -0.116. The van der Waals surface area contributed by atoms with Crippen LogP contribution in [0.1, 0.15) is 34.8 Å². The minimum absolute atomic E-state index is 0.0346. The summed E-state index contributed by atoms with van der Waals surface area (Å²) in [4.78, 5) is 11.9. The molecular formula is C13H18N4O2.